The van der Waals surface area contributed by atoms with E-state index in [-0.39, 0.29) is 0 Å². The number of hydrogen-bond donors (Lipinski definition) is 1. The van der Waals surface area contributed by atoms with Crippen molar-refractivity contribution < 1.29 is 4.21 Å². The standard InChI is InChI=1S/C12H15N3OS/c1-15-11(6-8-14-15)7-9-17(16)12-4-2-10(13)3-5-12/h2-6,8H,7,9,13H2,1H3. The van der Waals surface area contributed by atoms with E-state index >= 15 is 0 Å². The van der Waals surface area contributed by atoms with Gasteiger partial charge in [-0.15, -0.1) is 0 Å². The monoisotopic (exact) mass is 249 g/mol. The lowest BCUT2D eigenvalue weighted by Crippen LogP contribution is -2.05. The van der Waals surface area contributed by atoms with Gasteiger partial charge in [0, 0.05) is 41.7 Å². The van der Waals surface area contributed by atoms with E-state index in [2.05, 4.69) is 5.10 Å². The molecule has 0 saturated heterocycles. The molecule has 1 unspecified atom stereocenters. The first-order valence-electron chi connectivity index (χ1n) is 5.37. The van der Waals surface area contributed by atoms with Crippen LogP contribution in [0.4, 0.5) is 5.69 Å². The summed E-state index contributed by atoms with van der Waals surface area (Å²) in [6.45, 7) is 0. The molecule has 0 fully saturated rings. The number of anilines is 1. The van der Waals surface area contributed by atoms with Crippen LogP contribution >= 0.6 is 0 Å². The molecule has 2 aromatic rings. The number of nitrogen functional groups attached to an aromatic ring is 1. The van der Waals surface area contributed by atoms with Crippen LogP contribution < -0.4 is 5.73 Å². The van der Waals surface area contributed by atoms with Crippen LogP contribution in [-0.2, 0) is 24.3 Å². The van der Waals surface area contributed by atoms with Crippen molar-refractivity contribution in [2.24, 2.45) is 7.05 Å². The van der Waals surface area contributed by atoms with E-state index < -0.39 is 10.8 Å². The predicted molar refractivity (Wildman–Crippen MR) is 69.0 cm³/mol. The molecule has 90 valence electrons. The Hall–Kier alpha value is -1.62. The number of rotatable bonds is 4. The minimum atomic E-state index is -0.981. The Morgan fingerprint density at radius 3 is 2.59 bits per heavy atom. The molecule has 0 saturated carbocycles. The molecule has 0 bridgehead atoms. The molecule has 1 heterocycles. The van der Waals surface area contributed by atoms with Crippen molar-refractivity contribution in [3.05, 3.63) is 42.2 Å². The highest BCUT2D eigenvalue weighted by Crippen LogP contribution is 2.11. The fourth-order valence-electron chi connectivity index (χ4n) is 1.58. The number of nitrogens with two attached hydrogens (primary N) is 1. The van der Waals surface area contributed by atoms with Crippen molar-refractivity contribution in [2.75, 3.05) is 11.5 Å². The molecule has 0 aliphatic rings. The van der Waals surface area contributed by atoms with Gasteiger partial charge in [-0.25, -0.2) is 0 Å². The van der Waals surface area contributed by atoms with Crippen LogP contribution in [0, 0.1) is 0 Å². The van der Waals surface area contributed by atoms with E-state index in [1.165, 1.54) is 0 Å². The van der Waals surface area contributed by atoms with Crippen molar-refractivity contribution in [3.63, 3.8) is 0 Å². The van der Waals surface area contributed by atoms with Gasteiger partial charge in [0.1, 0.15) is 0 Å². The fourth-order valence-corrected chi connectivity index (χ4v) is 2.65. The summed E-state index contributed by atoms with van der Waals surface area (Å²) in [5, 5.41) is 4.08. The van der Waals surface area contributed by atoms with Crippen molar-refractivity contribution >= 4 is 16.5 Å². The van der Waals surface area contributed by atoms with Crippen molar-refractivity contribution in [2.45, 2.75) is 11.3 Å². The number of hydrogen-bond acceptors (Lipinski definition) is 3. The Labute approximate surface area is 103 Å². The molecule has 2 N–H and O–H groups in total. The van der Waals surface area contributed by atoms with E-state index in [0.717, 1.165) is 17.0 Å². The third-order valence-electron chi connectivity index (χ3n) is 2.61. The molecule has 0 aliphatic carbocycles. The summed E-state index contributed by atoms with van der Waals surface area (Å²) in [4.78, 5) is 0.821. The summed E-state index contributed by atoms with van der Waals surface area (Å²) in [5.74, 6) is 0.601. The fraction of sp³-hybridized carbons (Fsp3) is 0.250. The Balaban J connectivity index is 1.98. The second-order valence-corrected chi connectivity index (χ2v) is 5.39. The van der Waals surface area contributed by atoms with Crippen LogP contribution in [0.15, 0.2) is 41.4 Å². The molecule has 4 nitrogen and oxygen atoms in total. The summed E-state index contributed by atoms with van der Waals surface area (Å²) in [7, 11) is 0.909. The maximum atomic E-state index is 12.0. The van der Waals surface area contributed by atoms with Crippen LogP contribution in [0.3, 0.4) is 0 Å². The van der Waals surface area contributed by atoms with Crippen LogP contribution in [0.1, 0.15) is 5.69 Å². The molecule has 0 radical (unpaired) electrons. The molecule has 0 amide bonds. The molecular weight excluding hydrogens is 234 g/mol. The molecule has 0 spiro atoms. The lowest BCUT2D eigenvalue weighted by atomic mass is 10.3. The van der Waals surface area contributed by atoms with Crippen molar-refractivity contribution in [3.8, 4) is 0 Å². The minimum absolute atomic E-state index is 0.601. The van der Waals surface area contributed by atoms with E-state index in [0.29, 0.717) is 11.4 Å². The van der Waals surface area contributed by atoms with Crippen LogP contribution in [-0.4, -0.2) is 19.7 Å². The Kier molecular flexibility index (Phi) is 3.58. The Morgan fingerprint density at radius 1 is 1.29 bits per heavy atom. The number of benzene rings is 1. The van der Waals surface area contributed by atoms with Gasteiger partial charge in [0.25, 0.3) is 0 Å². The largest absolute Gasteiger partial charge is 0.399 e. The van der Waals surface area contributed by atoms with Crippen LogP contribution in [0.25, 0.3) is 0 Å². The molecule has 1 aromatic heterocycles. The summed E-state index contributed by atoms with van der Waals surface area (Å²) in [5.41, 5.74) is 7.37. The Bertz CT molecular complexity index is 519. The average molecular weight is 249 g/mol. The number of aryl methyl sites for hydroxylation is 2. The van der Waals surface area contributed by atoms with Crippen molar-refractivity contribution in [1.29, 1.82) is 0 Å². The van der Waals surface area contributed by atoms with E-state index in [4.69, 9.17) is 5.73 Å². The molecule has 17 heavy (non-hydrogen) atoms. The topological polar surface area (TPSA) is 60.9 Å². The number of nitrogens with zero attached hydrogens (tertiary/aromatic N) is 2. The zero-order valence-corrected chi connectivity index (χ0v) is 10.5. The molecule has 5 heteroatoms. The lowest BCUT2D eigenvalue weighted by Gasteiger charge is -2.03. The maximum absolute atomic E-state index is 12.0. The van der Waals surface area contributed by atoms with Gasteiger partial charge < -0.3 is 5.73 Å². The normalized spacial score (nSPS) is 12.5. The third-order valence-corrected chi connectivity index (χ3v) is 3.98. The predicted octanol–water partition coefficient (Wildman–Crippen LogP) is 1.35. The molecular formula is C12H15N3OS. The lowest BCUT2D eigenvalue weighted by molar-refractivity contribution is 0.678. The second-order valence-electron chi connectivity index (χ2n) is 3.81. The second kappa shape index (κ2) is 5.14. The summed E-state index contributed by atoms with van der Waals surface area (Å²) >= 11 is 0. The average Bonchev–Trinajstić information content (AvgIpc) is 2.73. The zero-order chi connectivity index (χ0) is 12.3. The van der Waals surface area contributed by atoms with Gasteiger partial charge in [-0.1, -0.05) is 0 Å². The first-order chi connectivity index (χ1) is 8.16. The first kappa shape index (κ1) is 11.9. The first-order valence-corrected chi connectivity index (χ1v) is 6.69. The molecule has 2 rings (SSSR count). The smallest absolute Gasteiger partial charge is 0.0533 e. The van der Waals surface area contributed by atoms with Gasteiger partial charge in [0.05, 0.1) is 10.8 Å². The SMILES string of the molecule is Cn1nccc1CCS(=O)c1ccc(N)cc1. The third kappa shape index (κ3) is 2.94. The van der Waals surface area contributed by atoms with E-state index in [9.17, 15) is 4.21 Å². The maximum Gasteiger partial charge on any atom is 0.0533 e. The Morgan fingerprint density at radius 2 is 2.00 bits per heavy atom. The summed E-state index contributed by atoms with van der Waals surface area (Å²) < 4.78 is 13.8. The van der Waals surface area contributed by atoms with Gasteiger partial charge in [-0.2, -0.15) is 5.10 Å². The highest BCUT2D eigenvalue weighted by Gasteiger charge is 2.05. The van der Waals surface area contributed by atoms with E-state index in [1.807, 2.05) is 25.2 Å². The van der Waals surface area contributed by atoms with Gasteiger partial charge in [0.15, 0.2) is 0 Å². The summed E-state index contributed by atoms with van der Waals surface area (Å²) in [6, 6.07) is 9.12. The summed E-state index contributed by atoms with van der Waals surface area (Å²) in [6.07, 6.45) is 2.51. The van der Waals surface area contributed by atoms with Gasteiger partial charge in [-0.3, -0.25) is 8.89 Å². The number of aromatic nitrogens is 2. The van der Waals surface area contributed by atoms with Gasteiger partial charge >= 0.3 is 0 Å². The highest BCUT2D eigenvalue weighted by atomic mass is 32.2. The molecule has 1 atom stereocenters. The van der Waals surface area contributed by atoms with Crippen LogP contribution in [0.2, 0.25) is 0 Å². The van der Waals surface area contributed by atoms with Gasteiger partial charge in [-0.05, 0) is 30.3 Å². The van der Waals surface area contributed by atoms with Crippen molar-refractivity contribution in [1.82, 2.24) is 9.78 Å². The van der Waals surface area contributed by atoms with Gasteiger partial charge in [0.2, 0.25) is 0 Å². The van der Waals surface area contributed by atoms with Crippen LogP contribution in [0.5, 0.6) is 0 Å². The quantitative estimate of drug-likeness (QED) is 0.832. The minimum Gasteiger partial charge on any atom is -0.399 e. The highest BCUT2D eigenvalue weighted by molar-refractivity contribution is 7.85. The molecule has 0 aliphatic heterocycles. The van der Waals surface area contributed by atoms with E-state index in [1.54, 1.807) is 23.0 Å². The molecule has 1 aromatic carbocycles. The zero-order valence-electron chi connectivity index (χ0n) is 9.67.